The van der Waals surface area contributed by atoms with Crippen molar-refractivity contribution in [2.45, 2.75) is 47.0 Å². The second-order valence-electron chi connectivity index (χ2n) is 4.85. The van der Waals surface area contributed by atoms with Gasteiger partial charge in [0.15, 0.2) is 0 Å². The molecule has 1 aromatic carbocycles. The quantitative estimate of drug-likeness (QED) is 0.881. The standard InChI is InChI=1S/C16H22N2O2/c1-4-14-9-15(18(5-2)17-14)11-20-16-7-6-12(3)8-13(16)10-19/h6-9,19H,4-5,10-11H2,1-3H3. The van der Waals surface area contributed by atoms with Gasteiger partial charge in [-0.05, 0) is 32.4 Å². The van der Waals surface area contributed by atoms with Crippen LogP contribution in [-0.2, 0) is 26.2 Å². The van der Waals surface area contributed by atoms with Crippen LogP contribution in [0.25, 0.3) is 0 Å². The van der Waals surface area contributed by atoms with E-state index < -0.39 is 0 Å². The van der Waals surface area contributed by atoms with Crippen molar-refractivity contribution in [3.05, 3.63) is 46.8 Å². The van der Waals surface area contributed by atoms with Crippen molar-refractivity contribution in [1.82, 2.24) is 9.78 Å². The van der Waals surface area contributed by atoms with Gasteiger partial charge in [0.25, 0.3) is 0 Å². The van der Waals surface area contributed by atoms with Gasteiger partial charge in [-0.1, -0.05) is 24.6 Å². The molecule has 1 aromatic heterocycles. The number of hydrogen-bond acceptors (Lipinski definition) is 3. The third kappa shape index (κ3) is 3.20. The summed E-state index contributed by atoms with van der Waals surface area (Å²) in [6, 6.07) is 7.93. The maximum atomic E-state index is 9.39. The summed E-state index contributed by atoms with van der Waals surface area (Å²) in [5, 5.41) is 13.9. The molecule has 0 spiro atoms. The Balaban J connectivity index is 2.14. The van der Waals surface area contributed by atoms with Gasteiger partial charge in [-0.25, -0.2) is 0 Å². The zero-order chi connectivity index (χ0) is 14.5. The lowest BCUT2D eigenvalue weighted by atomic mass is 10.1. The van der Waals surface area contributed by atoms with Gasteiger partial charge in [-0.15, -0.1) is 0 Å². The average molecular weight is 274 g/mol. The van der Waals surface area contributed by atoms with Crippen molar-refractivity contribution in [1.29, 1.82) is 0 Å². The number of aromatic nitrogens is 2. The average Bonchev–Trinajstić information content (AvgIpc) is 2.88. The lowest BCUT2D eigenvalue weighted by Gasteiger charge is -2.11. The van der Waals surface area contributed by atoms with Gasteiger partial charge in [-0.3, -0.25) is 4.68 Å². The highest BCUT2D eigenvalue weighted by atomic mass is 16.5. The van der Waals surface area contributed by atoms with Crippen molar-refractivity contribution in [2.75, 3.05) is 0 Å². The van der Waals surface area contributed by atoms with Crippen LogP contribution in [0, 0.1) is 6.92 Å². The Morgan fingerprint density at radius 3 is 2.70 bits per heavy atom. The fourth-order valence-electron chi connectivity index (χ4n) is 2.20. The molecule has 0 aliphatic rings. The highest BCUT2D eigenvalue weighted by molar-refractivity contribution is 5.36. The SMILES string of the molecule is CCc1cc(COc2ccc(C)cc2CO)n(CC)n1. The van der Waals surface area contributed by atoms with Crippen LogP contribution in [0.1, 0.15) is 36.4 Å². The Bertz CT molecular complexity index is 576. The molecule has 0 saturated heterocycles. The number of aliphatic hydroxyl groups excluding tert-OH is 1. The van der Waals surface area contributed by atoms with Crippen LogP contribution in [0.2, 0.25) is 0 Å². The Kier molecular flexibility index (Phi) is 4.79. The molecule has 0 amide bonds. The molecule has 1 heterocycles. The minimum atomic E-state index is -0.00966. The molecule has 0 fully saturated rings. The van der Waals surface area contributed by atoms with Crippen LogP contribution < -0.4 is 4.74 Å². The lowest BCUT2D eigenvalue weighted by molar-refractivity contribution is 0.254. The van der Waals surface area contributed by atoms with Gasteiger partial charge < -0.3 is 9.84 Å². The third-order valence-electron chi connectivity index (χ3n) is 3.34. The number of nitrogens with zero attached hydrogens (tertiary/aromatic N) is 2. The topological polar surface area (TPSA) is 47.3 Å². The van der Waals surface area contributed by atoms with Gasteiger partial charge in [0.05, 0.1) is 18.0 Å². The second kappa shape index (κ2) is 6.57. The molecule has 2 rings (SSSR count). The first-order valence-electron chi connectivity index (χ1n) is 7.06. The second-order valence-corrected chi connectivity index (χ2v) is 4.85. The maximum Gasteiger partial charge on any atom is 0.130 e. The largest absolute Gasteiger partial charge is 0.487 e. The molecular formula is C16H22N2O2. The van der Waals surface area contributed by atoms with Crippen LogP contribution in [0.3, 0.4) is 0 Å². The first-order chi connectivity index (χ1) is 9.67. The molecule has 0 aliphatic carbocycles. The summed E-state index contributed by atoms with van der Waals surface area (Å²) in [6.07, 6.45) is 0.923. The minimum Gasteiger partial charge on any atom is -0.487 e. The number of hydrogen-bond donors (Lipinski definition) is 1. The van der Waals surface area contributed by atoms with Gasteiger partial charge in [0.1, 0.15) is 12.4 Å². The molecule has 4 nitrogen and oxygen atoms in total. The lowest BCUT2D eigenvalue weighted by Crippen LogP contribution is -2.07. The van der Waals surface area contributed by atoms with Crippen LogP contribution in [0.15, 0.2) is 24.3 Å². The zero-order valence-electron chi connectivity index (χ0n) is 12.4. The van der Waals surface area contributed by atoms with E-state index in [1.807, 2.05) is 29.8 Å². The predicted octanol–water partition coefficient (Wildman–Crippen LogP) is 2.85. The molecular weight excluding hydrogens is 252 g/mol. The molecule has 20 heavy (non-hydrogen) atoms. The molecule has 0 atom stereocenters. The van der Waals surface area contributed by atoms with Gasteiger partial charge in [-0.2, -0.15) is 5.10 Å². The van der Waals surface area contributed by atoms with Crippen molar-refractivity contribution in [3.8, 4) is 5.75 Å². The minimum absolute atomic E-state index is 0.00966. The predicted molar refractivity (Wildman–Crippen MR) is 78.7 cm³/mol. The fraction of sp³-hybridized carbons (Fsp3) is 0.438. The van der Waals surface area contributed by atoms with Crippen LogP contribution in [-0.4, -0.2) is 14.9 Å². The monoisotopic (exact) mass is 274 g/mol. The van der Waals surface area contributed by atoms with Crippen LogP contribution in [0.5, 0.6) is 5.75 Å². The van der Waals surface area contributed by atoms with Crippen LogP contribution >= 0.6 is 0 Å². The normalized spacial score (nSPS) is 10.8. The number of aliphatic hydroxyl groups is 1. The highest BCUT2D eigenvalue weighted by Crippen LogP contribution is 2.21. The molecule has 4 heteroatoms. The van der Waals surface area contributed by atoms with E-state index in [9.17, 15) is 5.11 Å². The van der Waals surface area contributed by atoms with Gasteiger partial charge >= 0.3 is 0 Å². The van der Waals surface area contributed by atoms with Crippen molar-refractivity contribution >= 4 is 0 Å². The Morgan fingerprint density at radius 2 is 2.05 bits per heavy atom. The van der Waals surface area contributed by atoms with E-state index in [1.165, 1.54) is 0 Å². The fourth-order valence-corrected chi connectivity index (χ4v) is 2.20. The van der Waals surface area contributed by atoms with Crippen LogP contribution in [0.4, 0.5) is 0 Å². The van der Waals surface area contributed by atoms with E-state index in [0.29, 0.717) is 6.61 Å². The third-order valence-corrected chi connectivity index (χ3v) is 3.34. The summed E-state index contributed by atoms with van der Waals surface area (Å²) < 4.78 is 7.81. The molecule has 0 radical (unpaired) electrons. The van der Waals surface area contributed by atoms with Gasteiger partial charge in [0.2, 0.25) is 0 Å². The molecule has 0 bridgehead atoms. The highest BCUT2D eigenvalue weighted by Gasteiger charge is 2.08. The summed E-state index contributed by atoms with van der Waals surface area (Å²) in [7, 11) is 0. The van der Waals surface area contributed by atoms with Crippen molar-refractivity contribution in [3.63, 3.8) is 0 Å². The number of benzene rings is 1. The summed E-state index contributed by atoms with van der Waals surface area (Å²) >= 11 is 0. The Labute approximate surface area is 120 Å². The molecule has 0 aliphatic heterocycles. The molecule has 0 saturated carbocycles. The van der Waals surface area contributed by atoms with Crippen molar-refractivity contribution in [2.24, 2.45) is 0 Å². The summed E-state index contributed by atoms with van der Waals surface area (Å²) in [4.78, 5) is 0. The Morgan fingerprint density at radius 1 is 1.25 bits per heavy atom. The number of aryl methyl sites for hydroxylation is 3. The number of ether oxygens (including phenoxy) is 1. The van der Waals surface area contributed by atoms with E-state index in [1.54, 1.807) is 0 Å². The summed E-state index contributed by atoms with van der Waals surface area (Å²) in [5.74, 6) is 0.736. The Hall–Kier alpha value is -1.81. The van der Waals surface area contributed by atoms with E-state index >= 15 is 0 Å². The maximum absolute atomic E-state index is 9.39. The molecule has 2 aromatic rings. The van der Waals surface area contributed by atoms with E-state index in [0.717, 1.165) is 41.2 Å². The first kappa shape index (κ1) is 14.6. The molecule has 0 unspecified atom stereocenters. The first-order valence-corrected chi connectivity index (χ1v) is 7.06. The molecule has 1 N–H and O–H groups in total. The van der Waals surface area contributed by atoms with Gasteiger partial charge in [0, 0.05) is 12.1 Å². The smallest absolute Gasteiger partial charge is 0.130 e. The summed E-state index contributed by atoms with van der Waals surface area (Å²) in [5.41, 5.74) is 4.09. The van der Waals surface area contributed by atoms with E-state index in [-0.39, 0.29) is 6.61 Å². The van der Waals surface area contributed by atoms with Crippen molar-refractivity contribution < 1.29 is 9.84 Å². The van der Waals surface area contributed by atoms with E-state index in [2.05, 4.69) is 25.0 Å². The van der Waals surface area contributed by atoms with E-state index in [4.69, 9.17) is 4.74 Å². The molecule has 108 valence electrons. The zero-order valence-corrected chi connectivity index (χ0v) is 12.4. The summed E-state index contributed by atoms with van der Waals surface area (Å²) in [6.45, 7) is 7.46. The number of rotatable bonds is 6.